The minimum absolute atomic E-state index is 0.222. The van der Waals surface area contributed by atoms with Crippen LogP contribution >= 0.6 is 11.8 Å². The fourth-order valence-corrected chi connectivity index (χ4v) is 5.35. The zero-order valence-corrected chi connectivity index (χ0v) is 19.0. The van der Waals surface area contributed by atoms with E-state index in [1.54, 1.807) is 19.2 Å². The number of rotatable bonds is 7. The molecule has 0 bridgehead atoms. The summed E-state index contributed by atoms with van der Waals surface area (Å²) in [6.07, 6.45) is 4.50. The number of ether oxygens (including phenoxy) is 1. The van der Waals surface area contributed by atoms with Gasteiger partial charge in [0.05, 0.1) is 7.11 Å². The molecular weight excluding hydrogens is 427 g/mol. The van der Waals surface area contributed by atoms with Crippen LogP contribution in [0.4, 0.5) is 4.39 Å². The minimum Gasteiger partial charge on any atom is -0.497 e. The van der Waals surface area contributed by atoms with Gasteiger partial charge in [-0.1, -0.05) is 43.7 Å². The first kappa shape index (κ1) is 22.3. The topological polar surface area (TPSA) is 83.0 Å². The molecule has 1 saturated carbocycles. The van der Waals surface area contributed by atoms with E-state index < -0.39 is 11.2 Å². The van der Waals surface area contributed by atoms with Crippen molar-refractivity contribution in [2.24, 2.45) is 11.7 Å². The van der Waals surface area contributed by atoms with Crippen LogP contribution in [-0.2, 0) is 4.79 Å². The first-order valence-corrected chi connectivity index (χ1v) is 11.7. The molecule has 2 N–H and O–H groups in total. The van der Waals surface area contributed by atoms with Crippen molar-refractivity contribution in [3.8, 4) is 17.1 Å². The fraction of sp³-hybridized carbons (Fsp3) is 0.375. The maximum atomic E-state index is 13.4. The Labute approximate surface area is 191 Å². The zero-order chi connectivity index (χ0) is 22.7. The van der Waals surface area contributed by atoms with Crippen molar-refractivity contribution in [1.29, 1.82) is 0 Å². The van der Waals surface area contributed by atoms with Crippen LogP contribution in [0.25, 0.3) is 11.4 Å². The highest BCUT2D eigenvalue weighted by Crippen LogP contribution is 2.42. The van der Waals surface area contributed by atoms with Crippen molar-refractivity contribution >= 4 is 17.7 Å². The second-order valence-corrected chi connectivity index (χ2v) is 9.26. The van der Waals surface area contributed by atoms with Crippen LogP contribution in [0, 0.1) is 11.7 Å². The van der Waals surface area contributed by atoms with Gasteiger partial charge in [-0.05, 0) is 60.7 Å². The summed E-state index contributed by atoms with van der Waals surface area (Å²) in [5.74, 6) is 1.12. The number of hydrogen-bond acceptors (Lipinski definition) is 5. The second-order valence-electron chi connectivity index (χ2n) is 8.19. The van der Waals surface area contributed by atoms with E-state index in [2.05, 4.69) is 21.7 Å². The number of hydrogen-bond donors (Lipinski definition) is 1. The quantitative estimate of drug-likeness (QED) is 0.499. The van der Waals surface area contributed by atoms with Gasteiger partial charge in [0.15, 0.2) is 11.0 Å². The third-order valence-electron chi connectivity index (χ3n) is 6.07. The molecule has 3 aromatic rings. The maximum Gasteiger partial charge on any atom is 0.235 e. The first-order chi connectivity index (χ1) is 15.5. The van der Waals surface area contributed by atoms with Gasteiger partial charge in [-0.15, -0.1) is 10.2 Å². The minimum atomic E-state index is -0.693. The maximum absolute atomic E-state index is 13.4. The van der Waals surface area contributed by atoms with Crippen LogP contribution in [0.15, 0.2) is 53.7 Å². The molecule has 1 aliphatic rings. The third-order valence-corrected chi connectivity index (χ3v) is 7.29. The van der Waals surface area contributed by atoms with Crippen LogP contribution in [0.1, 0.15) is 49.5 Å². The number of nitrogens with zero attached hydrogens (tertiary/aromatic N) is 3. The molecule has 3 atom stereocenters. The molecule has 3 unspecified atom stereocenters. The summed E-state index contributed by atoms with van der Waals surface area (Å²) in [7, 11) is 1.63. The Hall–Kier alpha value is -2.87. The van der Waals surface area contributed by atoms with Crippen LogP contribution in [0.2, 0.25) is 0 Å². The van der Waals surface area contributed by atoms with Crippen molar-refractivity contribution in [2.45, 2.75) is 49.1 Å². The number of benzene rings is 2. The Morgan fingerprint density at radius 3 is 2.44 bits per heavy atom. The molecule has 2 aromatic carbocycles. The molecule has 6 nitrogen and oxygen atoms in total. The Morgan fingerprint density at radius 1 is 1.12 bits per heavy atom. The van der Waals surface area contributed by atoms with E-state index in [1.165, 1.54) is 30.3 Å². The summed E-state index contributed by atoms with van der Waals surface area (Å²) in [4.78, 5) is 12.3. The van der Waals surface area contributed by atoms with Crippen molar-refractivity contribution in [2.75, 3.05) is 7.11 Å². The molecule has 168 valence electrons. The number of halogens is 1. The van der Waals surface area contributed by atoms with E-state index in [0.717, 1.165) is 36.4 Å². The van der Waals surface area contributed by atoms with Crippen LogP contribution < -0.4 is 10.5 Å². The SMILES string of the molecule is COc1ccc(-c2nnc(SC(C(N)=O)c3ccc(F)cc3)n2C2CCCCC2C)cc1. The van der Waals surface area contributed by atoms with Gasteiger partial charge < -0.3 is 10.5 Å². The number of thioether (sulfide) groups is 1. The summed E-state index contributed by atoms with van der Waals surface area (Å²) in [5.41, 5.74) is 7.31. The number of aromatic nitrogens is 3. The lowest BCUT2D eigenvalue weighted by molar-refractivity contribution is -0.117. The summed E-state index contributed by atoms with van der Waals surface area (Å²) >= 11 is 1.27. The van der Waals surface area contributed by atoms with Crippen molar-refractivity contribution in [3.05, 3.63) is 59.9 Å². The molecule has 1 aromatic heterocycles. The molecular formula is C24H27FN4O2S. The lowest BCUT2D eigenvalue weighted by atomic mass is 9.85. The van der Waals surface area contributed by atoms with Crippen LogP contribution in [0.5, 0.6) is 5.75 Å². The van der Waals surface area contributed by atoms with E-state index in [0.29, 0.717) is 16.6 Å². The van der Waals surface area contributed by atoms with E-state index >= 15 is 0 Å². The molecule has 0 aliphatic heterocycles. The summed E-state index contributed by atoms with van der Waals surface area (Å²) in [6.45, 7) is 2.25. The average molecular weight is 455 g/mol. The number of carbonyl (C=O) groups is 1. The Morgan fingerprint density at radius 2 is 1.81 bits per heavy atom. The number of amides is 1. The van der Waals surface area contributed by atoms with Gasteiger partial charge in [0.1, 0.15) is 16.8 Å². The number of methoxy groups -OCH3 is 1. The smallest absolute Gasteiger partial charge is 0.235 e. The molecule has 1 amide bonds. The van der Waals surface area contributed by atoms with Crippen molar-refractivity contribution < 1.29 is 13.9 Å². The highest BCUT2D eigenvalue weighted by molar-refractivity contribution is 8.00. The molecule has 8 heteroatoms. The molecule has 32 heavy (non-hydrogen) atoms. The van der Waals surface area contributed by atoms with E-state index in [4.69, 9.17) is 10.5 Å². The molecule has 1 aliphatic carbocycles. The van der Waals surface area contributed by atoms with Gasteiger partial charge in [-0.25, -0.2) is 4.39 Å². The Balaban J connectivity index is 1.76. The van der Waals surface area contributed by atoms with Gasteiger partial charge in [0, 0.05) is 11.6 Å². The van der Waals surface area contributed by atoms with E-state index in [9.17, 15) is 9.18 Å². The number of carbonyl (C=O) groups excluding carboxylic acids is 1. The largest absolute Gasteiger partial charge is 0.497 e. The van der Waals surface area contributed by atoms with Gasteiger partial charge in [0.2, 0.25) is 5.91 Å². The van der Waals surface area contributed by atoms with Gasteiger partial charge in [-0.3, -0.25) is 9.36 Å². The molecule has 0 radical (unpaired) electrons. The van der Waals surface area contributed by atoms with Crippen molar-refractivity contribution in [3.63, 3.8) is 0 Å². The highest BCUT2D eigenvalue weighted by Gasteiger charge is 2.31. The van der Waals surface area contributed by atoms with Gasteiger partial charge in [0.25, 0.3) is 0 Å². The predicted molar refractivity (Wildman–Crippen MR) is 123 cm³/mol. The molecule has 0 spiro atoms. The zero-order valence-electron chi connectivity index (χ0n) is 18.2. The Kier molecular flexibility index (Phi) is 6.79. The molecule has 4 rings (SSSR count). The van der Waals surface area contributed by atoms with Crippen LogP contribution in [0.3, 0.4) is 0 Å². The second kappa shape index (κ2) is 9.73. The third kappa shape index (κ3) is 4.65. The molecule has 0 saturated heterocycles. The normalized spacial score (nSPS) is 19.5. The van der Waals surface area contributed by atoms with Gasteiger partial charge in [-0.2, -0.15) is 0 Å². The average Bonchev–Trinajstić information content (AvgIpc) is 3.22. The van der Waals surface area contributed by atoms with Crippen LogP contribution in [-0.4, -0.2) is 27.8 Å². The summed E-state index contributed by atoms with van der Waals surface area (Å²) in [5, 5.41) is 8.93. The van der Waals surface area contributed by atoms with E-state index in [1.807, 2.05) is 24.3 Å². The summed E-state index contributed by atoms with van der Waals surface area (Å²) < 4.78 is 20.9. The first-order valence-electron chi connectivity index (χ1n) is 10.8. The fourth-order valence-electron chi connectivity index (χ4n) is 4.31. The monoisotopic (exact) mass is 454 g/mol. The molecule has 1 fully saturated rings. The van der Waals surface area contributed by atoms with Gasteiger partial charge >= 0.3 is 0 Å². The predicted octanol–water partition coefficient (Wildman–Crippen LogP) is 5.16. The lowest BCUT2D eigenvalue weighted by Gasteiger charge is -2.32. The molecule has 1 heterocycles. The van der Waals surface area contributed by atoms with E-state index in [-0.39, 0.29) is 11.9 Å². The Bertz CT molecular complexity index is 1070. The summed E-state index contributed by atoms with van der Waals surface area (Å²) in [6, 6.07) is 13.8. The lowest BCUT2D eigenvalue weighted by Crippen LogP contribution is -2.24. The number of nitrogens with two attached hydrogens (primary N) is 1. The standard InChI is InChI=1S/C24H27FN4O2S/c1-15-5-3-4-6-20(15)29-23(17-9-13-19(31-2)14-10-17)27-28-24(29)32-21(22(26)30)16-7-11-18(25)12-8-16/h7-15,20-21H,3-6H2,1-2H3,(H2,26,30). The highest BCUT2D eigenvalue weighted by atomic mass is 32.2. The van der Waals surface area contributed by atoms with Crippen molar-refractivity contribution in [1.82, 2.24) is 14.8 Å². The number of primary amides is 1.